The van der Waals surface area contributed by atoms with E-state index in [9.17, 15) is 4.79 Å². The molecule has 1 radical (unpaired) electrons. The van der Waals surface area contributed by atoms with Crippen LogP contribution in [-0.4, -0.2) is 11.3 Å². The summed E-state index contributed by atoms with van der Waals surface area (Å²) in [6, 6.07) is 10.3. The van der Waals surface area contributed by atoms with E-state index >= 15 is 0 Å². The van der Waals surface area contributed by atoms with Crippen molar-refractivity contribution >= 4 is 17.6 Å². The van der Waals surface area contributed by atoms with E-state index in [2.05, 4.69) is 11.1 Å². The fraction of sp³-hybridized carbons (Fsp3) is 0. The number of pyridine rings is 1. The number of aldehydes is 1. The largest absolute Gasteiger partial charge is 0.297 e. The van der Waals surface area contributed by atoms with E-state index in [1.54, 1.807) is 12.3 Å². The average molecular weight is 188 g/mol. The Morgan fingerprint density at radius 1 is 1.46 bits per heavy atom. The number of thiophene rings is 1. The van der Waals surface area contributed by atoms with Crippen molar-refractivity contribution in [2.45, 2.75) is 0 Å². The molecule has 63 valence electrons. The van der Waals surface area contributed by atoms with Crippen LogP contribution in [0, 0.1) is 6.07 Å². The molecule has 0 atom stereocenters. The zero-order chi connectivity index (χ0) is 9.10. The van der Waals surface area contributed by atoms with Crippen LogP contribution in [0.1, 0.15) is 9.67 Å². The molecule has 2 aromatic heterocycles. The van der Waals surface area contributed by atoms with Gasteiger partial charge in [0, 0.05) is 12.3 Å². The van der Waals surface area contributed by atoms with E-state index in [0.29, 0.717) is 4.88 Å². The highest BCUT2D eigenvalue weighted by Crippen LogP contribution is 2.24. The summed E-state index contributed by atoms with van der Waals surface area (Å²) < 4.78 is 0. The Balaban J connectivity index is 2.41. The SMILES string of the molecule is O=Cc1[c]cc(-c2ccccn2)s1. The molecule has 0 aliphatic rings. The van der Waals surface area contributed by atoms with Crippen LogP contribution in [0.4, 0.5) is 0 Å². The lowest BCUT2D eigenvalue weighted by Gasteiger charge is -1.92. The van der Waals surface area contributed by atoms with Crippen LogP contribution >= 0.6 is 11.3 Å². The predicted molar refractivity (Wildman–Crippen MR) is 51.8 cm³/mol. The topological polar surface area (TPSA) is 30.0 Å². The summed E-state index contributed by atoms with van der Waals surface area (Å²) in [4.78, 5) is 16.2. The fourth-order valence-corrected chi connectivity index (χ4v) is 1.75. The Morgan fingerprint density at radius 3 is 3.00 bits per heavy atom. The number of nitrogens with zero attached hydrogens (tertiary/aromatic N) is 1. The summed E-state index contributed by atoms with van der Waals surface area (Å²) in [6.45, 7) is 0. The van der Waals surface area contributed by atoms with Gasteiger partial charge in [0.25, 0.3) is 0 Å². The van der Waals surface area contributed by atoms with Crippen molar-refractivity contribution in [1.82, 2.24) is 4.98 Å². The number of rotatable bonds is 2. The van der Waals surface area contributed by atoms with Gasteiger partial charge < -0.3 is 0 Å². The van der Waals surface area contributed by atoms with Gasteiger partial charge in [-0.1, -0.05) is 6.07 Å². The van der Waals surface area contributed by atoms with Crippen molar-refractivity contribution in [2.75, 3.05) is 0 Å². The monoisotopic (exact) mass is 188 g/mol. The first-order valence-corrected chi connectivity index (χ1v) is 4.60. The maximum Gasteiger partial charge on any atom is 0.160 e. The van der Waals surface area contributed by atoms with Gasteiger partial charge in [0.15, 0.2) is 6.29 Å². The quantitative estimate of drug-likeness (QED) is 0.677. The fourth-order valence-electron chi connectivity index (χ4n) is 1.01. The maximum absolute atomic E-state index is 10.4. The van der Waals surface area contributed by atoms with E-state index in [4.69, 9.17) is 0 Å². The van der Waals surface area contributed by atoms with Crippen LogP contribution in [0.3, 0.4) is 0 Å². The number of hydrogen-bond donors (Lipinski definition) is 0. The second-order valence-electron chi connectivity index (χ2n) is 2.45. The highest BCUT2D eigenvalue weighted by atomic mass is 32.1. The molecule has 0 unspecified atom stereocenters. The first-order valence-electron chi connectivity index (χ1n) is 3.78. The van der Waals surface area contributed by atoms with Crippen molar-refractivity contribution < 1.29 is 4.79 Å². The van der Waals surface area contributed by atoms with Gasteiger partial charge in [0.2, 0.25) is 0 Å². The molecular formula is C10H6NOS. The van der Waals surface area contributed by atoms with Crippen molar-refractivity contribution in [3.63, 3.8) is 0 Å². The smallest absolute Gasteiger partial charge is 0.160 e. The van der Waals surface area contributed by atoms with Gasteiger partial charge in [-0.05, 0) is 18.2 Å². The predicted octanol–water partition coefficient (Wildman–Crippen LogP) is 2.42. The third kappa shape index (κ3) is 1.65. The van der Waals surface area contributed by atoms with Crippen molar-refractivity contribution in [2.24, 2.45) is 0 Å². The number of carbonyl (C=O) groups excluding carboxylic acids is 1. The normalized spacial score (nSPS) is 9.85. The second-order valence-corrected chi connectivity index (χ2v) is 3.54. The molecule has 0 fully saturated rings. The summed E-state index contributed by atoms with van der Waals surface area (Å²) in [5.74, 6) is 0. The van der Waals surface area contributed by atoms with Gasteiger partial charge in [-0.2, -0.15) is 0 Å². The Kier molecular flexibility index (Phi) is 2.19. The van der Waals surface area contributed by atoms with Gasteiger partial charge in [0.1, 0.15) is 0 Å². The second kappa shape index (κ2) is 3.49. The minimum atomic E-state index is 0.612. The molecule has 2 heterocycles. The summed E-state index contributed by atoms with van der Waals surface area (Å²) in [5, 5.41) is 0. The molecule has 0 bridgehead atoms. The van der Waals surface area contributed by atoms with Crippen molar-refractivity contribution in [1.29, 1.82) is 0 Å². The lowest BCUT2D eigenvalue weighted by molar-refractivity contribution is 0.112. The van der Waals surface area contributed by atoms with Gasteiger partial charge in [-0.3, -0.25) is 9.78 Å². The number of aromatic nitrogens is 1. The van der Waals surface area contributed by atoms with E-state index < -0.39 is 0 Å². The van der Waals surface area contributed by atoms with Gasteiger partial charge in [-0.25, -0.2) is 0 Å². The Labute approximate surface area is 79.9 Å². The lowest BCUT2D eigenvalue weighted by atomic mass is 10.3. The molecule has 0 saturated carbocycles. The van der Waals surface area contributed by atoms with Crippen molar-refractivity contribution in [3.8, 4) is 10.6 Å². The van der Waals surface area contributed by atoms with Crippen LogP contribution in [0.25, 0.3) is 10.6 Å². The average Bonchev–Trinajstić information content (AvgIpc) is 2.67. The Bertz CT molecular complexity index is 408. The number of carbonyl (C=O) groups is 1. The van der Waals surface area contributed by atoms with Crippen LogP contribution in [-0.2, 0) is 0 Å². The zero-order valence-electron chi connectivity index (χ0n) is 6.73. The van der Waals surface area contributed by atoms with Gasteiger partial charge in [-0.15, -0.1) is 11.3 Å². The molecule has 0 spiro atoms. The molecule has 0 aliphatic heterocycles. The van der Waals surface area contributed by atoms with E-state index in [0.717, 1.165) is 16.9 Å². The molecule has 0 N–H and O–H groups in total. The minimum Gasteiger partial charge on any atom is -0.297 e. The summed E-state index contributed by atoms with van der Waals surface area (Å²) >= 11 is 1.40. The van der Waals surface area contributed by atoms with Crippen LogP contribution < -0.4 is 0 Å². The molecule has 0 aliphatic carbocycles. The summed E-state index contributed by atoms with van der Waals surface area (Å²) in [6.07, 6.45) is 2.53. The molecule has 0 amide bonds. The van der Waals surface area contributed by atoms with E-state index in [1.165, 1.54) is 11.3 Å². The van der Waals surface area contributed by atoms with Gasteiger partial charge >= 0.3 is 0 Å². The standard InChI is InChI=1S/C10H6NOS/c12-7-8-4-5-10(13-8)9-3-1-2-6-11-9/h1-3,5-7H. The third-order valence-electron chi connectivity index (χ3n) is 1.59. The van der Waals surface area contributed by atoms with E-state index in [-0.39, 0.29) is 0 Å². The molecule has 13 heavy (non-hydrogen) atoms. The van der Waals surface area contributed by atoms with Crippen LogP contribution in [0.2, 0.25) is 0 Å². The van der Waals surface area contributed by atoms with E-state index in [1.807, 2.05) is 18.2 Å². The lowest BCUT2D eigenvalue weighted by Crippen LogP contribution is -1.75. The highest BCUT2D eigenvalue weighted by Gasteiger charge is 2.02. The first kappa shape index (κ1) is 8.13. The molecule has 2 aromatic rings. The number of hydrogen-bond acceptors (Lipinski definition) is 3. The molecular weight excluding hydrogens is 182 g/mol. The van der Waals surface area contributed by atoms with Gasteiger partial charge in [0.05, 0.1) is 15.4 Å². The zero-order valence-corrected chi connectivity index (χ0v) is 7.54. The Hall–Kier alpha value is -1.48. The highest BCUT2D eigenvalue weighted by molar-refractivity contribution is 7.16. The van der Waals surface area contributed by atoms with Crippen LogP contribution in [0.15, 0.2) is 30.5 Å². The minimum absolute atomic E-state index is 0.612. The molecule has 2 nitrogen and oxygen atoms in total. The molecule has 3 heteroatoms. The molecule has 0 saturated heterocycles. The molecule has 2 rings (SSSR count). The molecule has 0 aromatic carbocycles. The summed E-state index contributed by atoms with van der Waals surface area (Å²) in [5.41, 5.74) is 0.886. The first-order chi connectivity index (χ1) is 6.40. The Morgan fingerprint density at radius 2 is 2.38 bits per heavy atom. The third-order valence-corrected chi connectivity index (χ3v) is 2.57. The van der Waals surface area contributed by atoms with Crippen molar-refractivity contribution in [3.05, 3.63) is 41.4 Å². The van der Waals surface area contributed by atoms with Crippen LogP contribution in [0.5, 0.6) is 0 Å². The summed E-state index contributed by atoms with van der Waals surface area (Å²) in [7, 11) is 0. The maximum atomic E-state index is 10.4.